The molecule has 0 saturated carbocycles. The minimum absolute atomic E-state index is 0.376. The Balaban J connectivity index is 2.31. The molecular weight excluding hydrogens is 236 g/mol. The Morgan fingerprint density at radius 3 is 2.84 bits per heavy atom. The van der Waals surface area contributed by atoms with E-state index in [1.54, 1.807) is 0 Å². The van der Waals surface area contributed by atoms with E-state index in [2.05, 4.69) is 34.8 Å². The Kier molecular flexibility index (Phi) is 6.58. The van der Waals surface area contributed by atoms with E-state index in [0.29, 0.717) is 0 Å². The maximum absolute atomic E-state index is 9.25. The van der Waals surface area contributed by atoms with E-state index in [4.69, 9.17) is 0 Å². The lowest BCUT2D eigenvalue weighted by atomic mass is 9.96. The van der Waals surface area contributed by atoms with Crippen molar-refractivity contribution in [3.05, 3.63) is 18.2 Å². The number of imidazole rings is 1. The van der Waals surface area contributed by atoms with Crippen LogP contribution < -0.4 is 5.32 Å². The van der Waals surface area contributed by atoms with Gasteiger partial charge in [0.1, 0.15) is 11.4 Å². The van der Waals surface area contributed by atoms with Crippen molar-refractivity contribution in [3.8, 4) is 6.07 Å². The fourth-order valence-electron chi connectivity index (χ4n) is 2.20. The SMILES string of the molecule is CCCNC(C)(C#N)CCCCn1ccnc1CC. The first-order chi connectivity index (χ1) is 9.15. The minimum atomic E-state index is -0.376. The molecule has 19 heavy (non-hydrogen) atoms. The third kappa shape index (κ3) is 5.04. The zero-order chi connectivity index (χ0) is 14.1. The monoisotopic (exact) mass is 262 g/mol. The molecule has 0 aliphatic rings. The van der Waals surface area contributed by atoms with E-state index >= 15 is 0 Å². The lowest BCUT2D eigenvalue weighted by Crippen LogP contribution is -2.41. The summed E-state index contributed by atoms with van der Waals surface area (Å²) < 4.78 is 2.21. The molecule has 1 rings (SSSR count). The van der Waals surface area contributed by atoms with Crippen LogP contribution in [0.4, 0.5) is 0 Å². The molecule has 1 heterocycles. The molecular formula is C15H26N4. The van der Waals surface area contributed by atoms with Crippen LogP contribution in [0.2, 0.25) is 0 Å². The molecule has 4 heteroatoms. The zero-order valence-electron chi connectivity index (χ0n) is 12.4. The largest absolute Gasteiger partial charge is 0.335 e. The molecule has 0 aromatic carbocycles. The summed E-state index contributed by atoms with van der Waals surface area (Å²) >= 11 is 0. The van der Waals surface area contributed by atoms with E-state index in [9.17, 15) is 5.26 Å². The maximum Gasteiger partial charge on any atom is 0.108 e. The van der Waals surface area contributed by atoms with Crippen LogP contribution >= 0.6 is 0 Å². The molecule has 1 atom stereocenters. The number of nitriles is 1. The number of hydrogen-bond acceptors (Lipinski definition) is 3. The third-order valence-electron chi connectivity index (χ3n) is 3.46. The van der Waals surface area contributed by atoms with Gasteiger partial charge in [0.25, 0.3) is 0 Å². The van der Waals surface area contributed by atoms with Crippen molar-refractivity contribution in [2.75, 3.05) is 6.54 Å². The van der Waals surface area contributed by atoms with Crippen LogP contribution in [0.5, 0.6) is 0 Å². The molecule has 0 radical (unpaired) electrons. The summed E-state index contributed by atoms with van der Waals surface area (Å²) in [7, 11) is 0. The highest BCUT2D eigenvalue weighted by molar-refractivity contribution is 5.03. The molecule has 1 aromatic heterocycles. The number of aromatic nitrogens is 2. The molecule has 4 nitrogen and oxygen atoms in total. The van der Waals surface area contributed by atoms with Crippen LogP contribution in [0.25, 0.3) is 0 Å². The smallest absolute Gasteiger partial charge is 0.108 e. The van der Waals surface area contributed by atoms with Gasteiger partial charge in [-0.3, -0.25) is 5.32 Å². The highest BCUT2D eigenvalue weighted by atomic mass is 15.1. The normalized spacial score (nSPS) is 14.0. The summed E-state index contributed by atoms with van der Waals surface area (Å²) in [6.07, 6.45) is 8.99. The summed E-state index contributed by atoms with van der Waals surface area (Å²) in [5, 5.41) is 12.6. The van der Waals surface area contributed by atoms with Gasteiger partial charge in [0.2, 0.25) is 0 Å². The van der Waals surface area contributed by atoms with Gasteiger partial charge in [-0.15, -0.1) is 0 Å². The summed E-state index contributed by atoms with van der Waals surface area (Å²) in [5.41, 5.74) is -0.376. The van der Waals surface area contributed by atoms with Crippen LogP contribution in [0, 0.1) is 11.3 Å². The molecule has 1 aromatic rings. The van der Waals surface area contributed by atoms with Crippen LogP contribution in [0.15, 0.2) is 12.4 Å². The number of nitrogens with one attached hydrogen (secondary N) is 1. The van der Waals surface area contributed by atoms with Crippen molar-refractivity contribution in [3.63, 3.8) is 0 Å². The Morgan fingerprint density at radius 2 is 2.21 bits per heavy atom. The molecule has 0 amide bonds. The van der Waals surface area contributed by atoms with Gasteiger partial charge in [-0.25, -0.2) is 4.98 Å². The second-order valence-corrected chi connectivity index (χ2v) is 5.22. The molecule has 0 aliphatic heterocycles. The Bertz CT molecular complexity index is 405. The van der Waals surface area contributed by atoms with Crippen molar-refractivity contribution in [2.45, 2.75) is 65.0 Å². The molecule has 0 aliphatic carbocycles. The quantitative estimate of drug-likeness (QED) is 0.696. The van der Waals surface area contributed by atoms with E-state index in [-0.39, 0.29) is 5.54 Å². The van der Waals surface area contributed by atoms with Crippen molar-refractivity contribution in [1.82, 2.24) is 14.9 Å². The predicted molar refractivity (Wildman–Crippen MR) is 77.8 cm³/mol. The summed E-state index contributed by atoms with van der Waals surface area (Å²) in [6.45, 7) is 8.15. The van der Waals surface area contributed by atoms with Crippen molar-refractivity contribution in [2.24, 2.45) is 0 Å². The number of nitrogens with zero attached hydrogens (tertiary/aromatic N) is 3. The third-order valence-corrected chi connectivity index (χ3v) is 3.46. The molecule has 0 bridgehead atoms. The van der Waals surface area contributed by atoms with E-state index in [0.717, 1.165) is 51.0 Å². The minimum Gasteiger partial charge on any atom is -0.335 e. The fraction of sp³-hybridized carbons (Fsp3) is 0.733. The van der Waals surface area contributed by atoms with Crippen molar-refractivity contribution >= 4 is 0 Å². The van der Waals surface area contributed by atoms with Crippen LogP contribution in [0.1, 0.15) is 52.3 Å². The average molecular weight is 262 g/mol. The number of hydrogen-bond donors (Lipinski definition) is 1. The lowest BCUT2D eigenvalue weighted by Gasteiger charge is -2.23. The van der Waals surface area contributed by atoms with Crippen LogP contribution in [0.3, 0.4) is 0 Å². The number of unbranched alkanes of at least 4 members (excludes halogenated alkanes) is 1. The highest BCUT2D eigenvalue weighted by Crippen LogP contribution is 2.14. The number of aryl methyl sites for hydroxylation is 2. The molecule has 1 unspecified atom stereocenters. The summed E-state index contributed by atoms with van der Waals surface area (Å²) in [4.78, 5) is 4.32. The van der Waals surface area contributed by atoms with Gasteiger partial charge >= 0.3 is 0 Å². The van der Waals surface area contributed by atoms with Gasteiger partial charge in [0.05, 0.1) is 6.07 Å². The van der Waals surface area contributed by atoms with Crippen molar-refractivity contribution in [1.29, 1.82) is 5.26 Å². The first kappa shape index (κ1) is 15.7. The Labute approximate surface area is 116 Å². The Morgan fingerprint density at radius 1 is 1.42 bits per heavy atom. The molecule has 0 fully saturated rings. The molecule has 0 spiro atoms. The fourth-order valence-corrected chi connectivity index (χ4v) is 2.20. The first-order valence-electron chi connectivity index (χ1n) is 7.31. The van der Waals surface area contributed by atoms with Gasteiger partial charge in [-0.1, -0.05) is 13.8 Å². The zero-order valence-corrected chi connectivity index (χ0v) is 12.4. The summed E-state index contributed by atoms with van der Waals surface area (Å²) in [5.74, 6) is 1.15. The maximum atomic E-state index is 9.25. The standard InChI is InChI=1S/C15H26N4/c1-4-9-18-15(3,13-16)8-6-7-11-19-12-10-17-14(19)5-2/h10,12,18H,4-9,11H2,1-3H3. The molecule has 1 N–H and O–H groups in total. The van der Waals surface area contributed by atoms with Crippen molar-refractivity contribution < 1.29 is 0 Å². The van der Waals surface area contributed by atoms with Gasteiger partial charge in [-0.2, -0.15) is 5.26 Å². The highest BCUT2D eigenvalue weighted by Gasteiger charge is 2.21. The molecule has 0 saturated heterocycles. The van der Waals surface area contributed by atoms with E-state index < -0.39 is 0 Å². The van der Waals surface area contributed by atoms with Gasteiger partial charge < -0.3 is 4.57 Å². The predicted octanol–water partition coefficient (Wildman–Crippen LogP) is 2.90. The summed E-state index contributed by atoms with van der Waals surface area (Å²) in [6, 6.07) is 2.40. The molecule has 106 valence electrons. The van der Waals surface area contributed by atoms with Gasteiger partial charge in [0, 0.05) is 25.4 Å². The second-order valence-electron chi connectivity index (χ2n) is 5.22. The van der Waals surface area contributed by atoms with Gasteiger partial charge in [-0.05, 0) is 39.2 Å². The van der Waals surface area contributed by atoms with Crippen LogP contribution in [-0.4, -0.2) is 21.6 Å². The number of rotatable bonds is 9. The first-order valence-corrected chi connectivity index (χ1v) is 7.31. The van der Waals surface area contributed by atoms with Gasteiger partial charge in [0.15, 0.2) is 0 Å². The second kappa shape index (κ2) is 7.96. The van der Waals surface area contributed by atoms with E-state index in [1.165, 1.54) is 0 Å². The lowest BCUT2D eigenvalue weighted by molar-refractivity contribution is 0.395. The Hall–Kier alpha value is -1.34. The van der Waals surface area contributed by atoms with Crippen LogP contribution in [-0.2, 0) is 13.0 Å². The average Bonchev–Trinajstić information content (AvgIpc) is 2.89. The van der Waals surface area contributed by atoms with E-state index in [1.807, 2.05) is 19.3 Å². The topological polar surface area (TPSA) is 53.6 Å².